The lowest BCUT2D eigenvalue weighted by atomic mass is 10.00. The number of nitrogens with zero attached hydrogens (tertiary/aromatic N) is 1. The van der Waals surface area contributed by atoms with Gasteiger partial charge < -0.3 is 25.0 Å². The lowest BCUT2D eigenvalue weighted by molar-refractivity contribution is -0.134. The predicted octanol–water partition coefficient (Wildman–Crippen LogP) is 4.73. The maximum absolute atomic E-state index is 14.2. The Morgan fingerprint density at radius 3 is 2.32 bits per heavy atom. The van der Waals surface area contributed by atoms with Crippen LogP contribution in [0.1, 0.15) is 35.2 Å². The van der Waals surface area contributed by atoms with Crippen molar-refractivity contribution in [1.29, 1.82) is 0 Å². The fourth-order valence-electron chi connectivity index (χ4n) is 4.39. The third kappa shape index (κ3) is 5.51. The molecule has 2 N–H and O–H groups in total. The fraction of sp³-hybridized carbons (Fsp3) is 0.321. The van der Waals surface area contributed by atoms with Crippen molar-refractivity contribution in [2.75, 3.05) is 39.2 Å². The van der Waals surface area contributed by atoms with Crippen molar-refractivity contribution in [2.24, 2.45) is 0 Å². The standard InChI is InChI=1S/C28H33N3O3/c1-20-10-12-22(13-11-20)27(30-23-16-24(33-2)18-25(17-23)34-3)28(32)31-15-7-14-29-19-26(31)21-8-5-4-6-9-21/h4-6,8-13,16-18,26-27,29-30H,7,14-15,19H2,1-3H3. The Hall–Kier alpha value is -3.51. The Bertz CT molecular complexity index is 1060. The molecule has 1 aliphatic rings. The highest BCUT2D eigenvalue weighted by Crippen LogP contribution is 2.32. The summed E-state index contributed by atoms with van der Waals surface area (Å²) in [5.41, 5.74) is 3.97. The number of amides is 1. The summed E-state index contributed by atoms with van der Waals surface area (Å²) in [4.78, 5) is 16.2. The van der Waals surface area contributed by atoms with E-state index in [2.05, 4.69) is 22.8 Å². The Morgan fingerprint density at radius 1 is 1.00 bits per heavy atom. The second-order valence-electron chi connectivity index (χ2n) is 8.61. The van der Waals surface area contributed by atoms with E-state index < -0.39 is 6.04 Å². The first-order valence-electron chi connectivity index (χ1n) is 11.7. The van der Waals surface area contributed by atoms with Crippen LogP contribution in [0.3, 0.4) is 0 Å². The largest absolute Gasteiger partial charge is 0.497 e. The molecule has 1 amide bonds. The van der Waals surface area contributed by atoms with Crippen LogP contribution in [0.5, 0.6) is 11.5 Å². The summed E-state index contributed by atoms with van der Waals surface area (Å²) in [6.07, 6.45) is 0.905. The third-order valence-electron chi connectivity index (χ3n) is 6.25. The van der Waals surface area contributed by atoms with E-state index in [1.165, 1.54) is 0 Å². The van der Waals surface area contributed by atoms with Crippen LogP contribution in [-0.4, -0.2) is 44.7 Å². The number of hydrogen-bond acceptors (Lipinski definition) is 5. The topological polar surface area (TPSA) is 62.8 Å². The van der Waals surface area contributed by atoms with Crippen LogP contribution in [0, 0.1) is 6.92 Å². The van der Waals surface area contributed by atoms with Crippen molar-refractivity contribution in [3.8, 4) is 11.5 Å². The van der Waals surface area contributed by atoms with E-state index in [0.717, 1.165) is 41.9 Å². The summed E-state index contributed by atoms with van der Waals surface area (Å²) in [5, 5.41) is 6.98. The van der Waals surface area contributed by atoms with Crippen molar-refractivity contribution in [2.45, 2.75) is 25.4 Å². The number of carbonyl (C=O) groups excluding carboxylic acids is 1. The highest BCUT2D eigenvalue weighted by Gasteiger charge is 2.32. The number of benzene rings is 3. The zero-order valence-corrected chi connectivity index (χ0v) is 20.1. The molecule has 2 unspecified atom stereocenters. The SMILES string of the molecule is COc1cc(NC(C(=O)N2CCCNCC2c2ccccc2)c2ccc(C)cc2)cc(OC)c1. The number of ether oxygens (including phenoxy) is 2. The Morgan fingerprint density at radius 2 is 1.68 bits per heavy atom. The van der Waals surface area contributed by atoms with E-state index in [0.29, 0.717) is 18.0 Å². The average molecular weight is 460 g/mol. The second kappa shape index (κ2) is 11.1. The molecular weight excluding hydrogens is 426 g/mol. The smallest absolute Gasteiger partial charge is 0.250 e. The zero-order valence-electron chi connectivity index (χ0n) is 20.1. The number of nitrogens with one attached hydrogen (secondary N) is 2. The molecule has 34 heavy (non-hydrogen) atoms. The molecule has 178 valence electrons. The molecule has 4 rings (SSSR count). The minimum Gasteiger partial charge on any atom is -0.497 e. The van der Waals surface area contributed by atoms with E-state index in [9.17, 15) is 4.79 Å². The molecule has 0 radical (unpaired) electrons. The van der Waals surface area contributed by atoms with Gasteiger partial charge in [0.1, 0.15) is 17.5 Å². The Kier molecular flexibility index (Phi) is 7.70. The summed E-state index contributed by atoms with van der Waals surface area (Å²) in [7, 11) is 3.24. The Labute approximate surface area is 201 Å². The summed E-state index contributed by atoms with van der Waals surface area (Å²) >= 11 is 0. The minimum absolute atomic E-state index is 0.0363. The molecule has 0 bridgehead atoms. The van der Waals surface area contributed by atoms with E-state index in [-0.39, 0.29) is 11.9 Å². The van der Waals surface area contributed by atoms with Crippen LogP contribution in [0.2, 0.25) is 0 Å². The minimum atomic E-state index is -0.554. The molecule has 6 nitrogen and oxygen atoms in total. The van der Waals surface area contributed by atoms with Crippen molar-refractivity contribution in [1.82, 2.24) is 10.2 Å². The van der Waals surface area contributed by atoms with Crippen molar-refractivity contribution < 1.29 is 14.3 Å². The third-order valence-corrected chi connectivity index (χ3v) is 6.25. The van der Waals surface area contributed by atoms with Crippen LogP contribution in [0.15, 0.2) is 72.8 Å². The zero-order chi connectivity index (χ0) is 23.9. The Balaban J connectivity index is 1.72. The molecule has 0 aliphatic carbocycles. The molecule has 3 aromatic rings. The van der Waals surface area contributed by atoms with Gasteiger partial charge >= 0.3 is 0 Å². The van der Waals surface area contributed by atoms with Gasteiger partial charge in [-0.15, -0.1) is 0 Å². The number of hydrogen-bond donors (Lipinski definition) is 2. The van der Waals surface area contributed by atoms with Gasteiger partial charge in [-0.25, -0.2) is 0 Å². The van der Waals surface area contributed by atoms with Gasteiger partial charge in [0.2, 0.25) is 5.91 Å². The number of carbonyl (C=O) groups is 1. The maximum atomic E-state index is 14.2. The van der Waals surface area contributed by atoms with Crippen molar-refractivity contribution in [3.05, 3.63) is 89.5 Å². The first-order valence-corrected chi connectivity index (χ1v) is 11.7. The lowest BCUT2D eigenvalue weighted by Crippen LogP contribution is -2.42. The number of anilines is 1. The summed E-state index contributed by atoms with van der Waals surface area (Å²) in [6.45, 7) is 4.36. The van der Waals surface area contributed by atoms with Gasteiger partial charge in [-0.1, -0.05) is 60.2 Å². The lowest BCUT2D eigenvalue weighted by Gasteiger charge is -2.34. The molecule has 1 aliphatic heterocycles. The molecule has 1 heterocycles. The summed E-state index contributed by atoms with van der Waals surface area (Å²) < 4.78 is 10.9. The van der Waals surface area contributed by atoms with E-state index in [1.807, 2.05) is 72.5 Å². The number of aryl methyl sites for hydroxylation is 1. The number of methoxy groups -OCH3 is 2. The van der Waals surface area contributed by atoms with Gasteiger partial charge in [0.25, 0.3) is 0 Å². The van der Waals surface area contributed by atoms with Gasteiger partial charge in [0.15, 0.2) is 0 Å². The molecule has 0 saturated carbocycles. The van der Waals surface area contributed by atoms with E-state index in [4.69, 9.17) is 9.47 Å². The monoisotopic (exact) mass is 459 g/mol. The fourth-order valence-corrected chi connectivity index (χ4v) is 4.39. The van der Waals surface area contributed by atoms with Crippen LogP contribution in [0.4, 0.5) is 5.69 Å². The quantitative estimate of drug-likeness (QED) is 0.535. The van der Waals surface area contributed by atoms with Gasteiger partial charge in [-0.05, 0) is 31.0 Å². The normalized spacial score (nSPS) is 16.9. The van der Waals surface area contributed by atoms with E-state index in [1.54, 1.807) is 14.2 Å². The van der Waals surface area contributed by atoms with Crippen LogP contribution >= 0.6 is 0 Å². The first kappa shape index (κ1) is 23.6. The van der Waals surface area contributed by atoms with Crippen LogP contribution < -0.4 is 20.1 Å². The average Bonchev–Trinajstić information content (AvgIpc) is 3.14. The van der Waals surface area contributed by atoms with E-state index >= 15 is 0 Å². The van der Waals surface area contributed by atoms with Crippen molar-refractivity contribution in [3.63, 3.8) is 0 Å². The molecule has 1 fully saturated rings. The molecule has 2 atom stereocenters. The van der Waals surface area contributed by atoms with Gasteiger partial charge in [0.05, 0.1) is 20.3 Å². The number of rotatable bonds is 7. The highest BCUT2D eigenvalue weighted by molar-refractivity contribution is 5.87. The first-order chi connectivity index (χ1) is 16.6. The van der Waals surface area contributed by atoms with Gasteiger partial charge in [-0.3, -0.25) is 4.79 Å². The molecule has 3 aromatic carbocycles. The summed E-state index contributed by atoms with van der Waals surface area (Å²) in [5.74, 6) is 1.37. The van der Waals surface area contributed by atoms with Crippen molar-refractivity contribution >= 4 is 11.6 Å². The second-order valence-corrected chi connectivity index (χ2v) is 8.61. The maximum Gasteiger partial charge on any atom is 0.250 e. The predicted molar refractivity (Wildman–Crippen MR) is 135 cm³/mol. The molecule has 0 spiro atoms. The molecular formula is C28H33N3O3. The summed E-state index contributed by atoms with van der Waals surface area (Å²) in [6, 6.07) is 23.4. The molecule has 0 aromatic heterocycles. The van der Waals surface area contributed by atoms with Gasteiger partial charge in [-0.2, -0.15) is 0 Å². The van der Waals surface area contributed by atoms with Crippen LogP contribution in [-0.2, 0) is 4.79 Å². The van der Waals surface area contributed by atoms with Crippen LogP contribution in [0.25, 0.3) is 0 Å². The molecule has 6 heteroatoms. The highest BCUT2D eigenvalue weighted by atomic mass is 16.5. The molecule has 1 saturated heterocycles. The van der Waals surface area contributed by atoms with Gasteiger partial charge in [0, 0.05) is 37.0 Å².